The SMILES string of the molecule is CCNC(=O)CN=C(NCC)N1CCN(Cc2ccon2)CC1.I. The Morgan fingerprint density at radius 3 is 2.54 bits per heavy atom. The van der Waals surface area contributed by atoms with Gasteiger partial charge in [0.15, 0.2) is 5.96 Å². The van der Waals surface area contributed by atoms with Crippen molar-refractivity contribution in [3.8, 4) is 0 Å². The second-order valence-electron chi connectivity index (χ2n) is 5.38. The number of hydrogen-bond donors (Lipinski definition) is 2. The van der Waals surface area contributed by atoms with Gasteiger partial charge in [-0.2, -0.15) is 0 Å². The predicted octanol–water partition coefficient (Wildman–Crippen LogP) is 0.512. The molecule has 1 fully saturated rings. The first kappa shape index (κ1) is 20.7. The largest absolute Gasteiger partial charge is 0.364 e. The number of carbonyl (C=O) groups excluding carboxylic acids is 1. The van der Waals surface area contributed by atoms with E-state index in [9.17, 15) is 4.79 Å². The van der Waals surface area contributed by atoms with Crippen LogP contribution in [0.5, 0.6) is 0 Å². The quantitative estimate of drug-likeness (QED) is 0.373. The van der Waals surface area contributed by atoms with Crippen molar-refractivity contribution in [1.29, 1.82) is 0 Å². The molecule has 0 radical (unpaired) electrons. The minimum atomic E-state index is -0.0485. The monoisotopic (exact) mass is 450 g/mol. The van der Waals surface area contributed by atoms with Crippen LogP contribution >= 0.6 is 24.0 Å². The zero-order chi connectivity index (χ0) is 16.5. The van der Waals surface area contributed by atoms with Crippen molar-refractivity contribution < 1.29 is 9.32 Å². The summed E-state index contributed by atoms with van der Waals surface area (Å²) in [4.78, 5) is 20.5. The van der Waals surface area contributed by atoms with Crippen molar-refractivity contribution in [2.75, 3.05) is 45.8 Å². The Balaban J connectivity index is 0.00000288. The van der Waals surface area contributed by atoms with E-state index in [1.165, 1.54) is 0 Å². The van der Waals surface area contributed by atoms with Crippen molar-refractivity contribution in [2.24, 2.45) is 4.99 Å². The fourth-order valence-electron chi connectivity index (χ4n) is 2.49. The zero-order valence-corrected chi connectivity index (χ0v) is 16.7. The lowest BCUT2D eigenvalue weighted by molar-refractivity contribution is -0.119. The van der Waals surface area contributed by atoms with Crippen molar-refractivity contribution in [3.05, 3.63) is 18.0 Å². The molecule has 2 N–H and O–H groups in total. The Bertz CT molecular complexity index is 500. The van der Waals surface area contributed by atoms with Crippen molar-refractivity contribution in [2.45, 2.75) is 20.4 Å². The standard InChI is InChI=1S/C15H26N6O2.HI/c1-3-16-14(22)11-18-15(17-4-2)21-8-6-20(7-9-21)12-13-5-10-23-19-13;/h5,10H,3-4,6-9,11-12H2,1-2H3,(H,16,22)(H,17,18);1H. The van der Waals surface area contributed by atoms with Gasteiger partial charge in [0.1, 0.15) is 12.8 Å². The van der Waals surface area contributed by atoms with E-state index in [0.717, 1.165) is 50.9 Å². The molecule has 0 aliphatic carbocycles. The molecule has 0 saturated carbocycles. The highest BCUT2D eigenvalue weighted by atomic mass is 127. The van der Waals surface area contributed by atoms with Crippen LogP contribution in [0.1, 0.15) is 19.5 Å². The summed E-state index contributed by atoms with van der Waals surface area (Å²) in [5.41, 5.74) is 0.954. The number of carbonyl (C=O) groups is 1. The summed E-state index contributed by atoms with van der Waals surface area (Å²) in [6.45, 7) is 9.92. The van der Waals surface area contributed by atoms with Gasteiger partial charge in [0.2, 0.25) is 5.91 Å². The number of piperazine rings is 1. The topological polar surface area (TPSA) is 86.0 Å². The van der Waals surface area contributed by atoms with E-state index in [4.69, 9.17) is 4.52 Å². The molecule has 1 aliphatic heterocycles. The highest BCUT2D eigenvalue weighted by Gasteiger charge is 2.20. The fourth-order valence-corrected chi connectivity index (χ4v) is 2.49. The smallest absolute Gasteiger partial charge is 0.241 e. The van der Waals surface area contributed by atoms with Gasteiger partial charge in [0.05, 0.1) is 5.69 Å². The van der Waals surface area contributed by atoms with Gasteiger partial charge in [-0.15, -0.1) is 24.0 Å². The van der Waals surface area contributed by atoms with Crippen molar-refractivity contribution >= 4 is 35.8 Å². The minimum absolute atomic E-state index is 0. The van der Waals surface area contributed by atoms with Gasteiger partial charge in [-0.25, -0.2) is 4.99 Å². The fraction of sp³-hybridized carbons (Fsp3) is 0.667. The van der Waals surface area contributed by atoms with Crippen LogP contribution < -0.4 is 10.6 Å². The number of rotatable bonds is 6. The van der Waals surface area contributed by atoms with Gasteiger partial charge in [-0.1, -0.05) is 5.16 Å². The molecule has 136 valence electrons. The molecule has 9 heteroatoms. The molecule has 1 saturated heterocycles. The molecule has 0 unspecified atom stereocenters. The zero-order valence-electron chi connectivity index (χ0n) is 14.3. The maximum atomic E-state index is 11.6. The molecule has 0 atom stereocenters. The molecule has 24 heavy (non-hydrogen) atoms. The third kappa shape index (κ3) is 6.63. The van der Waals surface area contributed by atoms with E-state index >= 15 is 0 Å². The number of amides is 1. The summed E-state index contributed by atoms with van der Waals surface area (Å²) in [6.07, 6.45) is 1.60. The summed E-state index contributed by atoms with van der Waals surface area (Å²) in [5, 5.41) is 9.97. The minimum Gasteiger partial charge on any atom is -0.364 e. The van der Waals surface area contributed by atoms with E-state index in [1.54, 1.807) is 6.26 Å². The molecule has 1 aromatic heterocycles. The Morgan fingerprint density at radius 1 is 1.25 bits per heavy atom. The van der Waals surface area contributed by atoms with Gasteiger partial charge in [-0.3, -0.25) is 9.69 Å². The Labute approximate surface area is 160 Å². The Hall–Kier alpha value is -1.36. The summed E-state index contributed by atoms with van der Waals surface area (Å²) >= 11 is 0. The number of halogens is 1. The van der Waals surface area contributed by atoms with Gasteiger partial charge in [0, 0.05) is 51.9 Å². The van der Waals surface area contributed by atoms with E-state index < -0.39 is 0 Å². The third-order valence-electron chi connectivity index (χ3n) is 3.63. The third-order valence-corrected chi connectivity index (χ3v) is 3.63. The number of aliphatic imine (C=N–C) groups is 1. The number of aromatic nitrogens is 1. The molecular weight excluding hydrogens is 423 g/mol. The average Bonchev–Trinajstić information content (AvgIpc) is 3.05. The molecule has 2 rings (SSSR count). The first-order valence-electron chi connectivity index (χ1n) is 8.14. The van der Waals surface area contributed by atoms with Crippen LogP contribution in [0.4, 0.5) is 0 Å². The average molecular weight is 450 g/mol. The lowest BCUT2D eigenvalue weighted by Crippen LogP contribution is -2.52. The molecule has 2 heterocycles. The van der Waals surface area contributed by atoms with Gasteiger partial charge < -0.3 is 20.1 Å². The summed E-state index contributed by atoms with van der Waals surface area (Å²) < 4.78 is 4.87. The first-order chi connectivity index (χ1) is 11.2. The molecule has 8 nitrogen and oxygen atoms in total. The maximum absolute atomic E-state index is 11.6. The van der Waals surface area contributed by atoms with Crippen LogP contribution in [0, 0.1) is 0 Å². The molecule has 0 bridgehead atoms. The summed E-state index contributed by atoms with van der Waals surface area (Å²) in [5.74, 6) is 0.757. The van der Waals surface area contributed by atoms with Crippen LogP contribution in [0.3, 0.4) is 0 Å². The lowest BCUT2D eigenvalue weighted by atomic mass is 10.3. The summed E-state index contributed by atoms with van der Waals surface area (Å²) in [7, 11) is 0. The van der Waals surface area contributed by atoms with E-state index in [2.05, 4.69) is 30.6 Å². The van der Waals surface area contributed by atoms with E-state index in [0.29, 0.717) is 6.54 Å². The number of nitrogens with zero attached hydrogens (tertiary/aromatic N) is 4. The molecule has 0 spiro atoms. The number of guanidine groups is 1. The molecular formula is C15H27IN6O2. The molecule has 0 aromatic carbocycles. The van der Waals surface area contributed by atoms with Crippen LogP contribution in [-0.2, 0) is 11.3 Å². The van der Waals surface area contributed by atoms with Crippen molar-refractivity contribution in [1.82, 2.24) is 25.6 Å². The summed E-state index contributed by atoms with van der Waals surface area (Å²) in [6, 6.07) is 1.89. The first-order valence-corrected chi connectivity index (χ1v) is 8.14. The maximum Gasteiger partial charge on any atom is 0.241 e. The van der Waals surface area contributed by atoms with Gasteiger partial charge in [-0.05, 0) is 13.8 Å². The van der Waals surface area contributed by atoms with Gasteiger partial charge >= 0.3 is 0 Å². The molecule has 1 aliphatic rings. The van der Waals surface area contributed by atoms with Crippen LogP contribution in [0.25, 0.3) is 0 Å². The molecule has 1 amide bonds. The lowest BCUT2D eigenvalue weighted by Gasteiger charge is -2.36. The highest BCUT2D eigenvalue weighted by Crippen LogP contribution is 2.07. The Kier molecular flexibility index (Phi) is 9.69. The van der Waals surface area contributed by atoms with Crippen LogP contribution in [0.2, 0.25) is 0 Å². The van der Waals surface area contributed by atoms with Gasteiger partial charge in [0.25, 0.3) is 0 Å². The predicted molar refractivity (Wildman–Crippen MR) is 103 cm³/mol. The normalized spacial score (nSPS) is 15.8. The highest BCUT2D eigenvalue weighted by molar-refractivity contribution is 14.0. The van der Waals surface area contributed by atoms with Crippen LogP contribution in [0.15, 0.2) is 21.8 Å². The second-order valence-corrected chi connectivity index (χ2v) is 5.38. The number of likely N-dealkylation sites (N-methyl/N-ethyl adjacent to an activating group) is 1. The number of hydrogen-bond acceptors (Lipinski definition) is 5. The second kappa shape index (κ2) is 11.2. The van der Waals surface area contributed by atoms with Crippen molar-refractivity contribution in [3.63, 3.8) is 0 Å². The number of nitrogens with one attached hydrogen (secondary N) is 2. The van der Waals surface area contributed by atoms with E-state index in [-0.39, 0.29) is 36.4 Å². The van der Waals surface area contributed by atoms with E-state index in [1.807, 2.05) is 19.9 Å². The molecule has 1 aromatic rings. The Morgan fingerprint density at radius 2 is 1.96 bits per heavy atom. The van der Waals surface area contributed by atoms with Crippen LogP contribution in [-0.4, -0.2) is 72.6 Å².